The van der Waals surface area contributed by atoms with Gasteiger partial charge in [-0.05, 0) is 19.5 Å². The van der Waals surface area contributed by atoms with Gasteiger partial charge in [-0.25, -0.2) is 0 Å². The first-order chi connectivity index (χ1) is 6.02. The quantitative estimate of drug-likeness (QED) is 0.492. The molecule has 0 aliphatic heterocycles. The first-order valence-corrected chi connectivity index (χ1v) is 7.60. The Kier molecular flexibility index (Phi) is 5.99. The Morgan fingerprint density at radius 2 is 1.92 bits per heavy atom. The van der Waals surface area contributed by atoms with Crippen LogP contribution in [0.5, 0.6) is 0 Å². The van der Waals surface area contributed by atoms with E-state index >= 15 is 0 Å². The van der Waals surface area contributed by atoms with E-state index in [-0.39, 0.29) is 5.97 Å². The fourth-order valence-electron chi connectivity index (χ4n) is 0.886. The van der Waals surface area contributed by atoms with E-state index in [1.165, 1.54) is 0 Å². The highest BCUT2D eigenvalue weighted by atomic mass is 28.4. The molecule has 0 unspecified atom stereocenters. The van der Waals surface area contributed by atoms with Crippen molar-refractivity contribution < 1.29 is 13.6 Å². The fraction of sp³-hybridized carbons (Fsp3) is 0.889. The molecule has 0 aromatic heterocycles. The summed E-state index contributed by atoms with van der Waals surface area (Å²) in [5.74, 6) is -0.119. The molecule has 0 radical (unpaired) electrons. The van der Waals surface area contributed by atoms with Crippen LogP contribution in [0, 0.1) is 0 Å². The van der Waals surface area contributed by atoms with Crippen LogP contribution in [-0.4, -0.2) is 21.6 Å². The number of hydrogen-bond donors (Lipinski definition) is 0. The van der Waals surface area contributed by atoms with Crippen molar-refractivity contribution in [2.45, 2.75) is 45.7 Å². The lowest BCUT2D eigenvalue weighted by Crippen LogP contribution is -2.35. The zero-order valence-electron chi connectivity index (χ0n) is 9.05. The molecular formula is C9H20O3Si. The summed E-state index contributed by atoms with van der Waals surface area (Å²) in [6.45, 7) is 5.84. The van der Waals surface area contributed by atoms with Crippen molar-refractivity contribution in [3.63, 3.8) is 0 Å². The predicted molar refractivity (Wildman–Crippen MR) is 54.7 cm³/mol. The summed E-state index contributed by atoms with van der Waals surface area (Å²) in [6.07, 6.45) is 3.65. The molecule has 3 nitrogen and oxygen atoms in total. The number of carbonyl (C=O) groups is 1. The molecule has 0 saturated carbocycles. The topological polar surface area (TPSA) is 35.5 Å². The van der Waals surface area contributed by atoms with Crippen molar-refractivity contribution in [3.05, 3.63) is 0 Å². The Hall–Kier alpha value is -0.353. The van der Waals surface area contributed by atoms with Gasteiger partial charge in [0.05, 0.1) is 0 Å². The van der Waals surface area contributed by atoms with E-state index < -0.39 is 8.56 Å². The average Bonchev–Trinajstić information content (AvgIpc) is 2.04. The van der Waals surface area contributed by atoms with Crippen LogP contribution in [-0.2, 0) is 13.6 Å². The zero-order chi connectivity index (χ0) is 10.3. The lowest BCUT2D eigenvalue weighted by atomic mass is 10.2. The van der Waals surface area contributed by atoms with Crippen molar-refractivity contribution in [1.29, 1.82) is 0 Å². The maximum Gasteiger partial charge on any atom is 0.394 e. The van der Waals surface area contributed by atoms with Gasteiger partial charge in [0, 0.05) is 13.5 Å². The monoisotopic (exact) mass is 204 g/mol. The molecular weight excluding hydrogens is 184 g/mol. The Morgan fingerprint density at radius 3 is 2.38 bits per heavy atom. The van der Waals surface area contributed by atoms with Crippen LogP contribution in [0.3, 0.4) is 0 Å². The van der Waals surface area contributed by atoms with Gasteiger partial charge in [0.15, 0.2) is 0 Å². The van der Waals surface area contributed by atoms with Crippen molar-refractivity contribution >= 4 is 14.5 Å². The molecule has 0 aliphatic carbocycles. The minimum absolute atomic E-state index is 0.119. The van der Waals surface area contributed by atoms with Crippen molar-refractivity contribution in [3.8, 4) is 0 Å². The van der Waals surface area contributed by atoms with E-state index in [1.54, 1.807) is 7.11 Å². The maximum absolute atomic E-state index is 11.2. The van der Waals surface area contributed by atoms with Gasteiger partial charge in [-0.15, -0.1) is 0 Å². The highest BCUT2D eigenvalue weighted by Gasteiger charge is 2.26. The Bertz CT molecular complexity index is 157. The molecule has 0 spiro atoms. The molecule has 0 aliphatic rings. The lowest BCUT2D eigenvalue weighted by molar-refractivity contribution is -0.136. The standard InChI is InChI=1S/C9H20O3Si/c1-5-6-7-8-9(10)12-13(3,4)11-2/h5-8H2,1-4H3. The summed E-state index contributed by atoms with van der Waals surface area (Å²) in [7, 11) is -0.561. The summed E-state index contributed by atoms with van der Waals surface area (Å²) in [4.78, 5) is 11.2. The van der Waals surface area contributed by atoms with Gasteiger partial charge in [-0.3, -0.25) is 4.79 Å². The first kappa shape index (κ1) is 12.6. The minimum Gasteiger partial charge on any atom is -0.494 e. The number of unbranched alkanes of at least 4 members (excludes halogenated alkanes) is 2. The van der Waals surface area contributed by atoms with Gasteiger partial charge < -0.3 is 8.85 Å². The highest BCUT2D eigenvalue weighted by molar-refractivity contribution is 6.66. The average molecular weight is 204 g/mol. The number of rotatable bonds is 6. The van der Waals surface area contributed by atoms with E-state index in [2.05, 4.69) is 6.92 Å². The van der Waals surface area contributed by atoms with Crippen molar-refractivity contribution in [2.24, 2.45) is 0 Å². The highest BCUT2D eigenvalue weighted by Crippen LogP contribution is 2.08. The summed E-state index contributed by atoms with van der Waals surface area (Å²) >= 11 is 0. The van der Waals surface area contributed by atoms with E-state index in [0.29, 0.717) is 6.42 Å². The van der Waals surface area contributed by atoms with Gasteiger partial charge in [0.2, 0.25) is 0 Å². The second kappa shape index (κ2) is 6.15. The molecule has 13 heavy (non-hydrogen) atoms. The van der Waals surface area contributed by atoms with Gasteiger partial charge >= 0.3 is 8.56 Å². The number of carbonyl (C=O) groups excluding carboxylic acids is 1. The van der Waals surface area contributed by atoms with Crippen LogP contribution in [0.4, 0.5) is 0 Å². The van der Waals surface area contributed by atoms with E-state index in [0.717, 1.165) is 19.3 Å². The molecule has 0 fully saturated rings. The SMILES string of the molecule is CCCCCC(=O)O[Si](C)(C)OC. The molecule has 0 aromatic rings. The van der Waals surface area contributed by atoms with Gasteiger partial charge in [0.25, 0.3) is 5.97 Å². The molecule has 78 valence electrons. The van der Waals surface area contributed by atoms with Gasteiger partial charge in [0.1, 0.15) is 0 Å². The molecule has 0 N–H and O–H groups in total. The summed E-state index contributed by atoms with van der Waals surface area (Å²) in [6, 6.07) is 0. The third-order valence-corrected chi connectivity index (χ3v) is 3.54. The van der Waals surface area contributed by atoms with Crippen LogP contribution in [0.1, 0.15) is 32.6 Å². The van der Waals surface area contributed by atoms with Crippen LogP contribution in [0.2, 0.25) is 13.1 Å². The molecule has 4 heteroatoms. The maximum atomic E-state index is 11.2. The molecule has 0 aromatic carbocycles. The van der Waals surface area contributed by atoms with E-state index in [4.69, 9.17) is 8.85 Å². The van der Waals surface area contributed by atoms with Gasteiger partial charge in [-0.1, -0.05) is 19.8 Å². The second-order valence-corrected chi connectivity index (χ2v) is 6.95. The Balaban J connectivity index is 3.62. The molecule has 0 amide bonds. The van der Waals surface area contributed by atoms with E-state index in [1.807, 2.05) is 13.1 Å². The molecule has 0 saturated heterocycles. The van der Waals surface area contributed by atoms with Crippen molar-refractivity contribution in [2.75, 3.05) is 7.11 Å². The molecule has 0 atom stereocenters. The number of hydrogen-bond acceptors (Lipinski definition) is 3. The third kappa shape index (κ3) is 6.78. The molecule has 0 bridgehead atoms. The second-order valence-electron chi connectivity index (χ2n) is 3.54. The zero-order valence-corrected chi connectivity index (χ0v) is 10.1. The van der Waals surface area contributed by atoms with Crippen LogP contribution >= 0.6 is 0 Å². The van der Waals surface area contributed by atoms with E-state index in [9.17, 15) is 4.79 Å². The first-order valence-electron chi connectivity index (χ1n) is 4.79. The van der Waals surface area contributed by atoms with Gasteiger partial charge in [-0.2, -0.15) is 0 Å². The van der Waals surface area contributed by atoms with Crippen molar-refractivity contribution in [1.82, 2.24) is 0 Å². The Morgan fingerprint density at radius 1 is 1.31 bits per heavy atom. The Labute approximate surface area is 81.7 Å². The summed E-state index contributed by atoms with van der Waals surface area (Å²) in [5.41, 5.74) is 0. The lowest BCUT2D eigenvalue weighted by Gasteiger charge is -2.19. The van der Waals surface area contributed by atoms with Crippen LogP contribution < -0.4 is 0 Å². The summed E-state index contributed by atoms with van der Waals surface area (Å²) in [5, 5.41) is 0. The molecule has 0 heterocycles. The fourth-order valence-corrected chi connectivity index (χ4v) is 1.62. The normalized spacial score (nSPS) is 11.4. The molecule has 0 rings (SSSR count). The third-order valence-electron chi connectivity index (χ3n) is 1.84. The summed E-state index contributed by atoms with van der Waals surface area (Å²) < 4.78 is 10.3. The largest absolute Gasteiger partial charge is 0.494 e. The smallest absolute Gasteiger partial charge is 0.394 e. The minimum atomic E-state index is -2.15. The predicted octanol–water partition coefficient (Wildman–Crippen LogP) is 2.46. The van der Waals surface area contributed by atoms with Crippen LogP contribution in [0.25, 0.3) is 0 Å². The van der Waals surface area contributed by atoms with Crippen LogP contribution in [0.15, 0.2) is 0 Å².